The van der Waals surface area contributed by atoms with Crippen molar-refractivity contribution in [2.45, 2.75) is 43.5 Å². The molecule has 3 rings (SSSR count). The molecule has 0 aliphatic heterocycles. The Morgan fingerprint density at radius 3 is 2.88 bits per heavy atom. The highest BCUT2D eigenvalue weighted by atomic mass is 32.2. The zero-order valence-corrected chi connectivity index (χ0v) is 16.9. The standard InChI is InChI=1S/C18H23N3OS3/c1-12-7-6-10-15(13(12)2)19-16(22)11-24-17-20-21(18(23)25-17)14-8-4-3-5-9-14/h3-5,8-9,12-13,15H,6-7,10-11H2,1-2H3,(H,19,22)/t12-,13-,15+/m1/s1. The van der Waals surface area contributed by atoms with E-state index in [9.17, 15) is 4.79 Å². The zero-order valence-electron chi connectivity index (χ0n) is 14.5. The Labute approximate surface area is 162 Å². The molecule has 0 unspecified atom stereocenters. The maximum atomic E-state index is 12.3. The molecule has 1 aliphatic carbocycles. The van der Waals surface area contributed by atoms with Crippen molar-refractivity contribution in [2.24, 2.45) is 11.8 Å². The number of nitrogens with one attached hydrogen (secondary N) is 1. The van der Waals surface area contributed by atoms with Crippen molar-refractivity contribution in [1.29, 1.82) is 0 Å². The smallest absolute Gasteiger partial charge is 0.230 e. The van der Waals surface area contributed by atoms with E-state index in [1.54, 1.807) is 4.68 Å². The molecule has 0 saturated heterocycles. The van der Waals surface area contributed by atoms with Gasteiger partial charge in [-0.25, -0.2) is 4.68 Å². The summed E-state index contributed by atoms with van der Waals surface area (Å²) in [5, 5.41) is 7.75. The summed E-state index contributed by atoms with van der Waals surface area (Å²) in [7, 11) is 0. The largest absolute Gasteiger partial charge is 0.352 e. The van der Waals surface area contributed by atoms with Gasteiger partial charge in [-0.2, -0.15) is 0 Å². The summed E-state index contributed by atoms with van der Waals surface area (Å²) >= 11 is 8.30. The Bertz CT molecular complexity index is 771. The zero-order chi connectivity index (χ0) is 17.8. The summed E-state index contributed by atoms with van der Waals surface area (Å²) in [6.45, 7) is 4.52. The number of para-hydroxylation sites is 1. The van der Waals surface area contributed by atoms with Gasteiger partial charge in [-0.05, 0) is 42.6 Å². The number of aromatic nitrogens is 2. The average Bonchev–Trinajstić information content (AvgIpc) is 2.99. The minimum Gasteiger partial charge on any atom is -0.352 e. The minimum atomic E-state index is 0.0864. The number of thioether (sulfide) groups is 1. The van der Waals surface area contributed by atoms with Gasteiger partial charge in [0.1, 0.15) is 0 Å². The maximum Gasteiger partial charge on any atom is 0.230 e. The second-order valence-corrected chi connectivity index (χ2v) is 9.46. The fourth-order valence-electron chi connectivity index (χ4n) is 3.21. The molecule has 1 aliphatic rings. The first kappa shape index (κ1) is 18.6. The number of rotatable bonds is 5. The molecule has 25 heavy (non-hydrogen) atoms. The van der Waals surface area contributed by atoms with Gasteiger partial charge in [0.15, 0.2) is 8.29 Å². The van der Waals surface area contributed by atoms with Gasteiger partial charge in [0, 0.05) is 6.04 Å². The van der Waals surface area contributed by atoms with Crippen molar-refractivity contribution in [3.63, 3.8) is 0 Å². The van der Waals surface area contributed by atoms with E-state index in [2.05, 4.69) is 24.3 Å². The molecule has 1 heterocycles. The van der Waals surface area contributed by atoms with Crippen LogP contribution in [-0.2, 0) is 4.79 Å². The molecule has 1 saturated carbocycles. The van der Waals surface area contributed by atoms with Gasteiger partial charge >= 0.3 is 0 Å². The average molecular weight is 394 g/mol. The molecular weight excluding hydrogens is 370 g/mol. The van der Waals surface area contributed by atoms with Gasteiger partial charge in [0.2, 0.25) is 5.91 Å². The first-order valence-corrected chi connectivity index (χ1v) is 10.8. The molecule has 0 spiro atoms. The summed E-state index contributed by atoms with van der Waals surface area (Å²) in [6.07, 6.45) is 3.55. The molecule has 134 valence electrons. The second kappa shape index (κ2) is 8.47. The predicted octanol–water partition coefficient (Wildman–Crippen LogP) is 4.70. The van der Waals surface area contributed by atoms with Crippen molar-refractivity contribution in [2.75, 3.05) is 5.75 Å². The second-order valence-electron chi connectivity index (χ2n) is 6.61. The molecule has 1 aromatic carbocycles. The van der Waals surface area contributed by atoms with Crippen LogP contribution < -0.4 is 5.32 Å². The lowest BCUT2D eigenvalue weighted by Crippen LogP contribution is -2.44. The van der Waals surface area contributed by atoms with Crippen LogP contribution in [0.25, 0.3) is 5.69 Å². The van der Waals surface area contributed by atoms with Crippen LogP contribution in [0.3, 0.4) is 0 Å². The first-order valence-electron chi connectivity index (χ1n) is 8.62. The summed E-state index contributed by atoms with van der Waals surface area (Å²) in [5.74, 6) is 1.69. The summed E-state index contributed by atoms with van der Waals surface area (Å²) < 4.78 is 3.28. The maximum absolute atomic E-state index is 12.3. The van der Waals surface area contributed by atoms with Crippen molar-refractivity contribution in [1.82, 2.24) is 15.1 Å². The molecule has 2 aromatic rings. The monoisotopic (exact) mass is 393 g/mol. The third-order valence-electron chi connectivity index (χ3n) is 4.91. The molecule has 0 bridgehead atoms. The molecule has 1 fully saturated rings. The van der Waals surface area contributed by atoms with E-state index < -0.39 is 0 Å². The van der Waals surface area contributed by atoms with Crippen molar-refractivity contribution < 1.29 is 4.79 Å². The number of nitrogens with zero attached hydrogens (tertiary/aromatic N) is 2. The van der Waals surface area contributed by atoms with Crippen LogP contribution in [0, 0.1) is 15.8 Å². The van der Waals surface area contributed by atoms with Crippen molar-refractivity contribution >= 4 is 41.2 Å². The van der Waals surface area contributed by atoms with Gasteiger partial charge in [0.25, 0.3) is 0 Å². The van der Waals surface area contributed by atoms with E-state index in [1.807, 2.05) is 30.3 Å². The van der Waals surface area contributed by atoms with Crippen LogP contribution in [0.2, 0.25) is 0 Å². The number of carbonyl (C=O) groups is 1. The highest BCUT2D eigenvalue weighted by molar-refractivity contribution is 8.01. The Morgan fingerprint density at radius 1 is 1.36 bits per heavy atom. The topological polar surface area (TPSA) is 46.9 Å². The third kappa shape index (κ3) is 4.71. The van der Waals surface area contributed by atoms with Crippen LogP contribution in [0.5, 0.6) is 0 Å². The third-order valence-corrected chi connectivity index (χ3v) is 7.28. The molecule has 1 N–H and O–H groups in total. The number of hydrogen-bond acceptors (Lipinski definition) is 5. The van der Waals surface area contributed by atoms with Crippen molar-refractivity contribution in [3.05, 3.63) is 34.3 Å². The fraction of sp³-hybridized carbons (Fsp3) is 0.500. The van der Waals surface area contributed by atoms with Gasteiger partial charge < -0.3 is 5.32 Å². The molecule has 1 aromatic heterocycles. The Hall–Kier alpha value is -1.18. The van der Waals surface area contributed by atoms with Crippen LogP contribution in [-0.4, -0.2) is 27.5 Å². The molecule has 7 heteroatoms. The van der Waals surface area contributed by atoms with Crippen LogP contribution in [0.15, 0.2) is 34.7 Å². The molecule has 4 nitrogen and oxygen atoms in total. The first-order chi connectivity index (χ1) is 12.0. The Balaban J connectivity index is 1.57. The van der Waals surface area contributed by atoms with Gasteiger partial charge in [-0.1, -0.05) is 68.0 Å². The highest BCUT2D eigenvalue weighted by Crippen LogP contribution is 2.30. The highest BCUT2D eigenvalue weighted by Gasteiger charge is 2.28. The molecule has 3 atom stereocenters. The predicted molar refractivity (Wildman–Crippen MR) is 107 cm³/mol. The normalized spacial score (nSPS) is 23.4. The molecule has 1 amide bonds. The SMILES string of the molecule is C[C@@H]1[C@H](C)CCC[C@@H]1NC(=O)CSc1nn(-c2ccccc2)c(=S)s1. The fourth-order valence-corrected chi connectivity index (χ4v) is 5.39. The minimum absolute atomic E-state index is 0.0864. The lowest BCUT2D eigenvalue weighted by atomic mass is 9.78. The van der Waals surface area contributed by atoms with E-state index in [1.165, 1.54) is 35.9 Å². The molecule has 0 radical (unpaired) electrons. The number of hydrogen-bond donors (Lipinski definition) is 1. The number of amides is 1. The van der Waals surface area contributed by atoms with E-state index in [0.717, 1.165) is 16.4 Å². The van der Waals surface area contributed by atoms with Gasteiger partial charge in [0.05, 0.1) is 11.4 Å². The van der Waals surface area contributed by atoms with E-state index in [0.29, 0.717) is 27.6 Å². The van der Waals surface area contributed by atoms with Crippen LogP contribution in [0.4, 0.5) is 0 Å². The van der Waals surface area contributed by atoms with Gasteiger partial charge in [-0.15, -0.1) is 5.10 Å². The van der Waals surface area contributed by atoms with Crippen LogP contribution in [0.1, 0.15) is 33.1 Å². The lowest BCUT2D eigenvalue weighted by Gasteiger charge is -2.34. The van der Waals surface area contributed by atoms with E-state index in [4.69, 9.17) is 12.2 Å². The Morgan fingerprint density at radius 2 is 2.12 bits per heavy atom. The lowest BCUT2D eigenvalue weighted by molar-refractivity contribution is -0.119. The molecular formula is C18H23N3OS3. The number of carbonyl (C=O) groups excluding carboxylic acids is 1. The number of benzene rings is 1. The van der Waals surface area contributed by atoms with Gasteiger partial charge in [-0.3, -0.25) is 4.79 Å². The van der Waals surface area contributed by atoms with E-state index >= 15 is 0 Å². The summed E-state index contributed by atoms with van der Waals surface area (Å²) in [4.78, 5) is 12.3. The van der Waals surface area contributed by atoms with E-state index in [-0.39, 0.29) is 5.91 Å². The quantitative estimate of drug-likeness (QED) is 0.591. The Kier molecular flexibility index (Phi) is 6.30. The summed E-state index contributed by atoms with van der Waals surface area (Å²) in [5.41, 5.74) is 0.949. The van der Waals surface area contributed by atoms with Crippen LogP contribution >= 0.6 is 35.3 Å². The van der Waals surface area contributed by atoms with Crippen molar-refractivity contribution in [3.8, 4) is 5.69 Å². The summed E-state index contributed by atoms with van der Waals surface area (Å²) in [6, 6.07) is 10.1.